The van der Waals surface area contributed by atoms with Gasteiger partial charge in [-0.15, -0.1) is 0 Å². The van der Waals surface area contributed by atoms with Crippen LogP contribution < -0.4 is 0 Å². The molecule has 0 saturated carbocycles. The van der Waals surface area contributed by atoms with Crippen LogP contribution in [0.25, 0.3) is 5.69 Å². The number of esters is 1. The standard InChI is InChI=1S/C12H9BrF2N2O2/c1-2-19-12(18)11-8(13)6-17(16-11)7-3-4-9(14)10(15)5-7/h3-6H,2H2,1H3. The number of carbonyl (C=O) groups excluding carboxylic acids is 1. The second-order valence-corrected chi connectivity index (χ2v) is 4.44. The summed E-state index contributed by atoms with van der Waals surface area (Å²) in [6.07, 6.45) is 1.47. The summed E-state index contributed by atoms with van der Waals surface area (Å²) in [6.45, 7) is 1.90. The van der Waals surface area contributed by atoms with E-state index in [1.54, 1.807) is 6.92 Å². The van der Waals surface area contributed by atoms with Crippen molar-refractivity contribution in [3.05, 3.63) is 46.2 Å². The van der Waals surface area contributed by atoms with Crippen LogP contribution in [0.15, 0.2) is 28.9 Å². The smallest absolute Gasteiger partial charge is 0.360 e. The lowest BCUT2D eigenvalue weighted by atomic mass is 10.3. The summed E-state index contributed by atoms with van der Waals surface area (Å²) < 4.78 is 32.5. The number of nitrogens with zero attached hydrogens (tertiary/aromatic N) is 2. The van der Waals surface area contributed by atoms with Gasteiger partial charge in [0, 0.05) is 12.3 Å². The number of carbonyl (C=O) groups is 1. The first-order valence-electron chi connectivity index (χ1n) is 5.40. The fourth-order valence-electron chi connectivity index (χ4n) is 1.45. The molecule has 1 aromatic carbocycles. The first kappa shape index (κ1) is 13.7. The third-order valence-corrected chi connectivity index (χ3v) is 2.89. The quantitative estimate of drug-likeness (QED) is 0.812. The lowest BCUT2D eigenvalue weighted by molar-refractivity contribution is 0.0518. The molecule has 0 aliphatic carbocycles. The van der Waals surface area contributed by atoms with Crippen molar-refractivity contribution in [1.29, 1.82) is 0 Å². The van der Waals surface area contributed by atoms with Crippen LogP contribution in [-0.2, 0) is 4.74 Å². The van der Waals surface area contributed by atoms with Gasteiger partial charge in [0.2, 0.25) is 0 Å². The highest BCUT2D eigenvalue weighted by atomic mass is 79.9. The molecule has 2 aromatic rings. The van der Waals surface area contributed by atoms with E-state index < -0.39 is 17.6 Å². The molecule has 0 aliphatic rings. The molecule has 0 amide bonds. The zero-order chi connectivity index (χ0) is 14.0. The Morgan fingerprint density at radius 3 is 2.79 bits per heavy atom. The van der Waals surface area contributed by atoms with Gasteiger partial charge in [0.1, 0.15) is 0 Å². The van der Waals surface area contributed by atoms with Crippen molar-refractivity contribution < 1.29 is 18.3 Å². The van der Waals surface area contributed by atoms with Gasteiger partial charge in [-0.05, 0) is 35.0 Å². The molecule has 0 radical (unpaired) electrons. The molecule has 0 spiro atoms. The highest BCUT2D eigenvalue weighted by Gasteiger charge is 2.17. The van der Waals surface area contributed by atoms with E-state index in [1.807, 2.05) is 0 Å². The summed E-state index contributed by atoms with van der Waals surface area (Å²) in [7, 11) is 0. The summed E-state index contributed by atoms with van der Waals surface area (Å²) in [5, 5.41) is 3.98. The van der Waals surface area contributed by atoms with Crippen LogP contribution >= 0.6 is 15.9 Å². The zero-order valence-electron chi connectivity index (χ0n) is 9.86. The SMILES string of the molecule is CCOC(=O)c1nn(-c2ccc(F)c(F)c2)cc1Br. The van der Waals surface area contributed by atoms with E-state index in [0.29, 0.717) is 10.2 Å². The van der Waals surface area contributed by atoms with Gasteiger partial charge in [0.05, 0.1) is 16.8 Å². The molecule has 0 unspecified atom stereocenters. The number of rotatable bonds is 3. The van der Waals surface area contributed by atoms with Gasteiger partial charge in [-0.1, -0.05) is 0 Å². The largest absolute Gasteiger partial charge is 0.461 e. The van der Waals surface area contributed by atoms with Crippen LogP contribution in [-0.4, -0.2) is 22.4 Å². The highest BCUT2D eigenvalue weighted by Crippen LogP contribution is 2.20. The Kier molecular flexibility index (Phi) is 3.94. The van der Waals surface area contributed by atoms with Crippen molar-refractivity contribution in [1.82, 2.24) is 9.78 Å². The summed E-state index contributed by atoms with van der Waals surface area (Å²) in [6, 6.07) is 3.33. The van der Waals surface area contributed by atoms with Gasteiger partial charge >= 0.3 is 5.97 Å². The summed E-state index contributed by atoms with van der Waals surface area (Å²) in [5.74, 6) is -2.52. The second-order valence-electron chi connectivity index (χ2n) is 3.59. The normalized spacial score (nSPS) is 10.5. The average molecular weight is 331 g/mol. The molecule has 1 heterocycles. The Hall–Kier alpha value is -1.76. The van der Waals surface area contributed by atoms with E-state index in [9.17, 15) is 13.6 Å². The molecule has 0 saturated heterocycles. The topological polar surface area (TPSA) is 44.1 Å². The monoisotopic (exact) mass is 330 g/mol. The Balaban J connectivity index is 2.38. The molecule has 7 heteroatoms. The number of ether oxygens (including phenoxy) is 1. The Morgan fingerprint density at radius 1 is 1.42 bits per heavy atom. The molecule has 0 atom stereocenters. The fourth-order valence-corrected chi connectivity index (χ4v) is 1.89. The number of halogens is 3. The fraction of sp³-hybridized carbons (Fsp3) is 0.167. The minimum atomic E-state index is -0.984. The first-order chi connectivity index (χ1) is 9.02. The van der Waals surface area contributed by atoms with Crippen molar-refractivity contribution in [2.75, 3.05) is 6.61 Å². The van der Waals surface area contributed by atoms with Crippen LogP contribution in [0.4, 0.5) is 8.78 Å². The molecule has 100 valence electrons. The van der Waals surface area contributed by atoms with Crippen LogP contribution in [0.1, 0.15) is 17.4 Å². The van der Waals surface area contributed by atoms with Crippen molar-refractivity contribution >= 4 is 21.9 Å². The molecule has 0 bridgehead atoms. The zero-order valence-corrected chi connectivity index (χ0v) is 11.4. The van der Waals surface area contributed by atoms with Crippen LogP contribution in [0.5, 0.6) is 0 Å². The van der Waals surface area contributed by atoms with E-state index in [4.69, 9.17) is 4.74 Å². The molecule has 1 aromatic heterocycles. The van der Waals surface area contributed by atoms with Crippen molar-refractivity contribution in [2.45, 2.75) is 6.92 Å². The summed E-state index contributed by atoms with van der Waals surface area (Å²) in [5.41, 5.74) is 0.377. The number of benzene rings is 1. The molecular weight excluding hydrogens is 322 g/mol. The van der Waals surface area contributed by atoms with Crippen molar-refractivity contribution in [3.8, 4) is 5.69 Å². The van der Waals surface area contributed by atoms with Crippen LogP contribution in [0.2, 0.25) is 0 Å². The van der Waals surface area contributed by atoms with Gasteiger partial charge in [0.15, 0.2) is 17.3 Å². The molecular formula is C12H9BrF2N2O2. The molecule has 2 rings (SSSR count). The summed E-state index contributed by atoms with van der Waals surface area (Å²) in [4.78, 5) is 11.6. The first-order valence-corrected chi connectivity index (χ1v) is 6.20. The van der Waals surface area contributed by atoms with Gasteiger partial charge in [-0.3, -0.25) is 0 Å². The highest BCUT2D eigenvalue weighted by molar-refractivity contribution is 9.10. The van der Waals surface area contributed by atoms with Crippen molar-refractivity contribution in [3.63, 3.8) is 0 Å². The molecule has 19 heavy (non-hydrogen) atoms. The minimum Gasteiger partial charge on any atom is -0.461 e. The lowest BCUT2D eigenvalue weighted by Gasteiger charge is -2.01. The van der Waals surface area contributed by atoms with Crippen molar-refractivity contribution in [2.24, 2.45) is 0 Å². The third-order valence-electron chi connectivity index (χ3n) is 2.31. The van der Waals surface area contributed by atoms with Gasteiger partial charge in [-0.25, -0.2) is 18.3 Å². The maximum Gasteiger partial charge on any atom is 0.360 e. The molecule has 4 nitrogen and oxygen atoms in total. The Labute approximate surface area is 116 Å². The van der Waals surface area contributed by atoms with E-state index in [0.717, 1.165) is 12.1 Å². The average Bonchev–Trinajstić information content (AvgIpc) is 2.75. The Morgan fingerprint density at radius 2 is 2.16 bits per heavy atom. The lowest BCUT2D eigenvalue weighted by Crippen LogP contribution is -2.07. The maximum absolute atomic E-state index is 13.1. The molecule has 0 N–H and O–H groups in total. The van der Waals surface area contributed by atoms with Crippen LogP contribution in [0.3, 0.4) is 0 Å². The molecule has 0 fully saturated rings. The predicted octanol–water partition coefficient (Wildman–Crippen LogP) is 3.09. The van der Waals surface area contributed by atoms with E-state index in [2.05, 4.69) is 21.0 Å². The third kappa shape index (κ3) is 2.81. The maximum atomic E-state index is 13.1. The van der Waals surface area contributed by atoms with Gasteiger partial charge in [-0.2, -0.15) is 5.10 Å². The number of hydrogen-bond donors (Lipinski definition) is 0. The Bertz CT molecular complexity index is 628. The van der Waals surface area contributed by atoms with Crippen LogP contribution in [0, 0.1) is 11.6 Å². The minimum absolute atomic E-state index is 0.0755. The molecule has 0 aliphatic heterocycles. The van der Waals surface area contributed by atoms with Gasteiger partial charge in [0.25, 0.3) is 0 Å². The van der Waals surface area contributed by atoms with E-state index >= 15 is 0 Å². The summed E-state index contributed by atoms with van der Waals surface area (Å²) >= 11 is 3.17. The van der Waals surface area contributed by atoms with E-state index in [1.165, 1.54) is 16.9 Å². The predicted molar refractivity (Wildman–Crippen MR) is 67.1 cm³/mol. The van der Waals surface area contributed by atoms with Gasteiger partial charge < -0.3 is 4.74 Å². The van der Waals surface area contributed by atoms with E-state index in [-0.39, 0.29) is 12.3 Å². The number of aromatic nitrogens is 2. The second kappa shape index (κ2) is 5.48. The number of hydrogen-bond acceptors (Lipinski definition) is 3.